The van der Waals surface area contributed by atoms with Crippen molar-refractivity contribution in [1.82, 2.24) is 9.97 Å². The molecule has 1 rings (SSSR count). The molecule has 0 unspecified atom stereocenters. The average molecular weight is 200 g/mol. The first kappa shape index (κ1) is 17.8. The van der Waals surface area contributed by atoms with Gasteiger partial charge in [-0.3, -0.25) is 14.8 Å². The van der Waals surface area contributed by atoms with Crippen LogP contribution >= 0.6 is 0 Å². The Morgan fingerprint density at radius 2 is 1.42 bits per heavy atom. The van der Waals surface area contributed by atoms with Crippen molar-refractivity contribution in [3.8, 4) is 0 Å². The molecule has 12 heavy (non-hydrogen) atoms. The molecule has 0 atom stereocenters. The Kier molecular flexibility index (Phi) is 19.8. The molecule has 0 bridgehead atoms. The van der Waals surface area contributed by atoms with Crippen LogP contribution in [0.4, 0.5) is 0 Å². The molecule has 6 heteroatoms. The molecule has 0 aromatic carbocycles. The largest absolute Gasteiger partial charge is 2.00 e. The zero-order chi connectivity index (χ0) is 7.82. The maximum Gasteiger partial charge on any atom is 2.00 e. The summed E-state index contributed by atoms with van der Waals surface area (Å²) >= 11 is 0. The minimum absolute atomic E-state index is 0. The van der Waals surface area contributed by atoms with Gasteiger partial charge in [0.2, 0.25) is 0 Å². The number of carbonyl (C=O) groups is 1. The molecule has 0 saturated carbocycles. The fourth-order valence-electron chi connectivity index (χ4n) is 0.253. The maximum absolute atomic E-state index is 9.00. The van der Waals surface area contributed by atoms with E-state index in [2.05, 4.69) is 9.97 Å². The van der Waals surface area contributed by atoms with E-state index in [1.54, 1.807) is 24.8 Å². The van der Waals surface area contributed by atoms with Crippen LogP contribution in [0.25, 0.3) is 0 Å². The molecule has 1 aromatic rings. The van der Waals surface area contributed by atoms with Crippen LogP contribution in [0.2, 0.25) is 0 Å². The van der Waals surface area contributed by atoms with E-state index >= 15 is 0 Å². The third-order valence-electron chi connectivity index (χ3n) is 0.478. The van der Waals surface area contributed by atoms with E-state index in [4.69, 9.17) is 9.90 Å². The van der Waals surface area contributed by atoms with Gasteiger partial charge >= 0.3 is 37.7 Å². The van der Waals surface area contributed by atoms with Crippen molar-refractivity contribution in [2.24, 2.45) is 0 Å². The summed E-state index contributed by atoms with van der Waals surface area (Å²) in [5, 5.41) is 7.42. The first-order valence-corrected chi connectivity index (χ1v) is 2.63. The van der Waals surface area contributed by atoms with Crippen molar-refractivity contribution < 1.29 is 18.2 Å². The quantitative estimate of drug-likeness (QED) is 0.576. The van der Waals surface area contributed by atoms with Crippen LogP contribution in [0.15, 0.2) is 24.8 Å². The summed E-state index contributed by atoms with van der Waals surface area (Å²) in [7, 11) is 0. The van der Waals surface area contributed by atoms with Gasteiger partial charge in [-0.15, -0.1) is 0 Å². The number of hydrogen-bond donors (Lipinski definition) is 1. The van der Waals surface area contributed by atoms with Crippen LogP contribution in [-0.2, 0) is 4.79 Å². The molecule has 0 radical (unpaired) electrons. The van der Waals surface area contributed by atoms with E-state index in [-0.39, 0.29) is 46.1 Å². The summed E-state index contributed by atoms with van der Waals surface area (Å²) in [5.41, 5.74) is 0. The monoisotopic (exact) mass is 200 g/mol. The maximum atomic E-state index is 9.00. The second-order valence-corrected chi connectivity index (χ2v) is 1.41. The van der Waals surface area contributed by atoms with Crippen LogP contribution in [0.1, 0.15) is 9.78 Å². The number of nitrogens with zero attached hydrogens (tertiary/aromatic N) is 2. The van der Waals surface area contributed by atoms with Crippen molar-refractivity contribution >= 4 is 43.7 Å². The molecular weight excluding hydrogens is 188 g/mol. The Balaban J connectivity index is -0.0000000315. The molecule has 0 amide bonds. The smallest absolute Gasteiger partial charge is 1.00 e. The normalized spacial score (nSPS) is 6.08. The molecular formula is C6H12CaN2O3. The van der Waals surface area contributed by atoms with Crippen molar-refractivity contribution in [2.75, 3.05) is 0 Å². The van der Waals surface area contributed by atoms with Gasteiger partial charge in [0, 0.05) is 31.7 Å². The number of carboxylic acid groups (broad SMARTS) is 1. The topological polar surface area (TPSA) is 94.6 Å². The molecule has 1 heterocycles. The van der Waals surface area contributed by atoms with Crippen LogP contribution in [0.5, 0.6) is 0 Å². The van der Waals surface area contributed by atoms with Crippen LogP contribution in [0.3, 0.4) is 0 Å². The number of aromatic nitrogens is 2. The van der Waals surface area contributed by atoms with E-state index in [1.807, 2.05) is 0 Å². The molecule has 0 saturated heterocycles. The number of rotatable bonds is 0. The van der Waals surface area contributed by atoms with E-state index in [0.29, 0.717) is 0 Å². The molecule has 3 N–H and O–H groups in total. The molecule has 1 aromatic heterocycles. The van der Waals surface area contributed by atoms with Gasteiger partial charge in [-0.2, -0.15) is 0 Å². The Labute approximate surface area is 103 Å². The second-order valence-electron chi connectivity index (χ2n) is 1.41. The fourth-order valence-corrected chi connectivity index (χ4v) is 0.253. The SMILES string of the molecule is CC(=O)O.O.[Ca+2].[H-].[H-].c1cnccn1. The van der Waals surface area contributed by atoms with Gasteiger partial charge in [0.25, 0.3) is 5.97 Å². The average Bonchev–Trinajstić information content (AvgIpc) is 1.90. The third-order valence-corrected chi connectivity index (χ3v) is 0.478. The van der Waals surface area contributed by atoms with E-state index in [0.717, 1.165) is 6.92 Å². The molecule has 0 spiro atoms. The molecule has 0 fully saturated rings. The van der Waals surface area contributed by atoms with Crippen LogP contribution < -0.4 is 0 Å². The van der Waals surface area contributed by atoms with Gasteiger partial charge in [-0.1, -0.05) is 0 Å². The van der Waals surface area contributed by atoms with Crippen molar-refractivity contribution in [3.63, 3.8) is 0 Å². The number of carboxylic acids is 1. The van der Waals surface area contributed by atoms with Gasteiger partial charge < -0.3 is 13.4 Å². The summed E-state index contributed by atoms with van der Waals surface area (Å²) < 4.78 is 0. The number of aliphatic carboxylic acids is 1. The van der Waals surface area contributed by atoms with Crippen molar-refractivity contribution in [3.05, 3.63) is 24.8 Å². The van der Waals surface area contributed by atoms with Crippen LogP contribution in [0, 0.1) is 0 Å². The van der Waals surface area contributed by atoms with Crippen molar-refractivity contribution in [1.29, 1.82) is 0 Å². The first-order chi connectivity index (χ1) is 4.73. The predicted octanol–water partition coefficient (Wildman–Crippen LogP) is -0.413. The molecule has 5 nitrogen and oxygen atoms in total. The second kappa shape index (κ2) is 13.4. The summed E-state index contributed by atoms with van der Waals surface area (Å²) in [5.74, 6) is -0.833. The van der Waals surface area contributed by atoms with Gasteiger partial charge in [-0.05, 0) is 0 Å². The Bertz CT molecular complexity index is 161. The molecule has 66 valence electrons. The van der Waals surface area contributed by atoms with Gasteiger partial charge in [0.05, 0.1) is 0 Å². The first-order valence-electron chi connectivity index (χ1n) is 2.63. The molecule has 0 aliphatic carbocycles. The van der Waals surface area contributed by atoms with Crippen LogP contribution in [-0.4, -0.2) is 64.3 Å². The minimum Gasteiger partial charge on any atom is -1.00 e. The molecule has 0 aliphatic heterocycles. The Morgan fingerprint density at radius 3 is 1.50 bits per heavy atom. The van der Waals surface area contributed by atoms with E-state index in [9.17, 15) is 0 Å². The summed E-state index contributed by atoms with van der Waals surface area (Å²) in [6, 6.07) is 0. The number of hydrogen-bond acceptors (Lipinski definition) is 3. The zero-order valence-corrected chi connectivity index (χ0v) is 8.97. The summed E-state index contributed by atoms with van der Waals surface area (Å²) in [6.07, 6.45) is 6.56. The summed E-state index contributed by atoms with van der Waals surface area (Å²) in [4.78, 5) is 16.4. The zero-order valence-electron chi connectivity index (χ0n) is 8.77. The van der Waals surface area contributed by atoms with Crippen molar-refractivity contribution in [2.45, 2.75) is 6.92 Å². The predicted molar refractivity (Wildman–Crippen MR) is 46.9 cm³/mol. The minimum atomic E-state index is -0.833. The van der Waals surface area contributed by atoms with E-state index in [1.165, 1.54) is 0 Å². The molecule has 0 aliphatic rings. The van der Waals surface area contributed by atoms with Gasteiger partial charge in [0.1, 0.15) is 0 Å². The third kappa shape index (κ3) is 22.6. The van der Waals surface area contributed by atoms with Gasteiger partial charge in [0.15, 0.2) is 0 Å². The fraction of sp³-hybridized carbons (Fsp3) is 0.167. The standard InChI is InChI=1S/C4H4N2.C2H4O2.Ca.H2O.2H/c1-2-6-4-3-5-1;1-2(3)4;;;;/h1-4H;1H3,(H,3,4);;1H2;;/q;;+2;;2*-1. The summed E-state index contributed by atoms with van der Waals surface area (Å²) in [6.45, 7) is 1.08. The Hall–Kier alpha value is -0.230. The van der Waals surface area contributed by atoms with Gasteiger partial charge in [-0.25, -0.2) is 0 Å². The van der Waals surface area contributed by atoms with E-state index < -0.39 is 5.97 Å². The Morgan fingerprint density at radius 1 is 1.25 bits per heavy atom.